The summed E-state index contributed by atoms with van der Waals surface area (Å²) in [6.07, 6.45) is -1.61. The van der Waals surface area contributed by atoms with Gasteiger partial charge < -0.3 is 15.4 Å². The molecule has 1 aromatic carbocycles. The van der Waals surface area contributed by atoms with Crippen LogP contribution < -0.4 is 15.4 Å². The number of aryl methyl sites for hydroxylation is 1. The summed E-state index contributed by atoms with van der Waals surface area (Å²) in [6, 6.07) is 4.72. The monoisotopic (exact) mass is 581 g/mol. The summed E-state index contributed by atoms with van der Waals surface area (Å²) in [5.41, 5.74) is 0.426. The summed E-state index contributed by atoms with van der Waals surface area (Å²) < 4.78 is 60.2. The van der Waals surface area contributed by atoms with Crippen molar-refractivity contribution in [1.29, 1.82) is 0 Å². The molecule has 17 heteroatoms. The number of hydrogen-bond donors (Lipinski definition) is 3. The van der Waals surface area contributed by atoms with Crippen molar-refractivity contribution >= 4 is 28.3 Å². The lowest BCUT2D eigenvalue weighted by atomic mass is 10.2. The SMILES string of the molecule is CC(F)(F)Oc1ccc(F)c(CNC(=O)c2cn(CC(F)CCc3nnc(NC(=O)Cc4ccn[nH]4)s3)nn2)c1. The summed E-state index contributed by atoms with van der Waals surface area (Å²) in [4.78, 5) is 24.4. The Morgan fingerprint density at radius 2 is 2.05 bits per heavy atom. The van der Waals surface area contributed by atoms with E-state index < -0.39 is 24.0 Å². The average molecular weight is 582 g/mol. The van der Waals surface area contributed by atoms with E-state index in [4.69, 9.17) is 0 Å². The standard InChI is InChI=1S/C23H23F4N9O3S/c1-23(26,27)39-16-3-4-17(25)13(8-16)10-28-21(38)18-12-36(35-32-18)11-14(24)2-5-20-33-34-22(40-20)30-19(37)9-15-6-7-29-31-15/h3-4,6-8,12,14H,2,5,9-11H2,1H3,(H,28,38)(H,29,31)(H,30,34,37). The van der Waals surface area contributed by atoms with Gasteiger partial charge in [0.25, 0.3) is 5.91 Å². The third-order valence-electron chi connectivity index (χ3n) is 5.20. The predicted molar refractivity (Wildman–Crippen MR) is 133 cm³/mol. The minimum Gasteiger partial charge on any atom is -0.433 e. The average Bonchev–Trinajstić information content (AvgIpc) is 3.65. The number of nitrogens with zero attached hydrogens (tertiary/aromatic N) is 6. The number of H-pyrrole nitrogens is 1. The molecule has 3 heterocycles. The van der Waals surface area contributed by atoms with Crippen molar-refractivity contribution in [3.63, 3.8) is 0 Å². The van der Waals surface area contributed by atoms with E-state index in [9.17, 15) is 27.2 Å². The molecule has 3 N–H and O–H groups in total. The second-order valence-electron chi connectivity index (χ2n) is 8.62. The van der Waals surface area contributed by atoms with Crippen LogP contribution in [0.3, 0.4) is 0 Å². The predicted octanol–water partition coefficient (Wildman–Crippen LogP) is 3.07. The quantitative estimate of drug-likeness (QED) is 0.204. The first kappa shape index (κ1) is 28.6. The van der Waals surface area contributed by atoms with Crippen LogP contribution in [0.5, 0.6) is 5.75 Å². The van der Waals surface area contributed by atoms with E-state index in [1.807, 2.05) is 0 Å². The Balaban J connectivity index is 1.22. The lowest BCUT2D eigenvalue weighted by Crippen LogP contribution is -2.24. The molecule has 0 saturated carbocycles. The van der Waals surface area contributed by atoms with Gasteiger partial charge in [0.1, 0.15) is 22.7 Å². The van der Waals surface area contributed by atoms with Gasteiger partial charge in [-0.3, -0.25) is 14.7 Å². The zero-order valence-electron chi connectivity index (χ0n) is 20.9. The van der Waals surface area contributed by atoms with Crippen LogP contribution in [0.15, 0.2) is 36.7 Å². The Morgan fingerprint density at radius 1 is 1.23 bits per heavy atom. The summed E-state index contributed by atoms with van der Waals surface area (Å²) in [5, 5.41) is 27.6. The number of rotatable bonds is 13. The van der Waals surface area contributed by atoms with Gasteiger partial charge in [-0.05, 0) is 30.7 Å². The molecule has 212 valence electrons. The number of halogens is 4. The second-order valence-corrected chi connectivity index (χ2v) is 9.68. The number of carbonyl (C=O) groups is 2. The fourth-order valence-corrected chi connectivity index (χ4v) is 4.19. The molecule has 12 nitrogen and oxygen atoms in total. The summed E-state index contributed by atoms with van der Waals surface area (Å²) in [5.74, 6) is -2.01. The van der Waals surface area contributed by atoms with E-state index in [-0.39, 0.29) is 55.3 Å². The first-order chi connectivity index (χ1) is 19.0. The number of hydrogen-bond acceptors (Lipinski definition) is 9. The zero-order valence-corrected chi connectivity index (χ0v) is 21.7. The Bertz CT molecular complexity index is 1440. The number of aromatic nitrogens is 7. The molecule has 0 bridgehead atoms. The second kappa shape index (κ2) is 12.6. The molecule has 0 aliphatic rings. The molecule has 0 saturated heterocycles. The molecular formula is C23H23F4N9O3S. The number of carbonyl (C=O) groups excluding carboxylic acids is 2. The molecule has 0 spiro atoms. The molecule has 0 fully saturated rings. The number of ether oxygens (including phenoxy) is 1. The minimum absolute atomic E-state index is 0.0760. The Hall–Kier alpha value is -4.41. The van der Waals surface area contributed by atoms with Crippen molar-refractivity contribution in [2.24, 2.45) is 0 Å². The molecule has 2 amide bonds. The lowest BCUT2D eigenvalue weighted by Gasteiger charge is -2.14. The van der Waals surface area contributed by atoms with Gasteiger partial charge >= 0.3 is 6.11 Å². The van der Waals surface area contributed by atoms with Crippen LogP contribution in [0, 0.1) is 5.82 Å². The Labute approximate surface area is 228 Å². The smallest absolute Gasteiger partial charge is 0.394 e. The van der Waals surface area contributed by atoms with Gasteiger partial charge in [-0.1, -0.05) is 16.6 Å². The summed E-state index contributed by atoms with van der Waals surface area (Å²) in [6.45, 7) is 0.0257. The maximum Gasteiger partial charge on any atom is 0.394 e. The van der Waals surface area contributed by atoms with Gasteiger partial charge in [0, 0.05) is 37.3 Å². The van der Waals surface area contributed by atoms with Crippen LogP contribution in [0.25, 0.3) is 0 Å². The minimum atomic E-state index is -3.45. The highest BCUT2D eigenvalue weighted by atomic mass is 32.1. The zero-order chi connectivity index (χ0) is 28.7. The summed E-state index contributed by atoms with van der Waals surface area (Å²) in [7, 11) is 0. The third kappa shape index (κ3) is 8.55. The van der Waals surface area contributed by atoms with Crippen LogP contribution in [0.4, 0.5) is 22.7 Å². The number of amides is 2. The van der Waals surface area contributed by atoms with Gasteiger partial charge in [-0.15, -0.1) is 15.3 Å². The molecule has 0 aliphatic carbocycles. The topological polar surface area (TPSA) is 153 Å². The van der Waals surface area contributed by atoms with Crippen LogP contribution in [-0.4, -0.2) is 59.5 Å². The number of benzene rings is 1. The largest absolute Gasteiger partial charge is 0.433 e. The van der Waals surface area contributed by atoms with Gasteiger partial charge in [0.05, 0.1) is 19.2 Å². The van der Waals surface area contributed by atoms with Crippen molar-refractivity contribution in [2.75, 3.05) is 5.32 Å². The van der Waals surface area contributed by atoms with E-state index in [0.29, 0.717) is 22.8 Å². The fourth-order valence-electron chi connectivity index (χ4n) is 3.41. The Morgan fingerprint density at radius 3 is 2.80 bits per heavy atom. The number of nitrogens with one attached hydrogen (secondary N) is 3. The Kier molecular flexibility index (Phi) is 9.03. The summed E-state index contributed by atoms with van der Waals surface area (Å²) >= 11 is 1.13. The molecular weight excluding hydrogens is 558 g/mol. The van der Waals surface area contributed by atoms with Crippen molar-refractivity contribution in [3.05, 3.63) is 64.4 Å². The maximum atomic E-state index is 14.6. The lowest BCUT2D eigenvalue weighted by molar-refractivity contribution is -0.159. The molecule has 0 aliphatic heterocycles. The van der Waals surface area contributed by atoms with Crippen molar-refractivity contribution < 1.29 is 31.9 Å². The third-order valence-corrected chi connectivity index (χ3v) is 6.10. The fraction of sp³-hybridized carbons (Fsp3) is 0.348. The molecule has 1 atom stereocenters. The van der Waals surface area contributed by atoms with Crippen LogP contribution >= 0.6 is 11.3 Å². The number of aromatic amines is 1. The van der Waals surface area contributed by atoms with Gasteiger partial charge in [-0.25, -0.2) is 13.5 Å². The molecule has 40 heavy (non-hydrogen) atoms. The molecule has 4 rings (SSSR count). The highest BCUT2D eigenvalue weighted by molar-refractivity contribution is 7.15. The van der Waals surface area contributed by atoms with Crippen molar-refractivity contribution in [3.8, 4) is 5.75 Å². The van der Waals surface area contributed by atoms with Gasteiger partial charge in [0.15, 0.2) is 5.69 Å². The van der Waals surface area contributed by atoms with Crippen molar-refractivity contribution in [2.45, 2.75) is 51.6 Å². The van der Waals surface area contributed by atoms with Crippen molar-refractivity contribution in [1.82, 2.24) is 40.7 Å². The first-order valence-electron chi connectivity index (χ1n) is 11.8. The van der Waals surface area contributed by atoms with E-state index in [2.05, 4.69) is 46.1 Å². The van der Waals surface area contributed by atoms with E-state index in [0.717, 1.165) is 34.2 Å². The molecule has 1 unspecified atom stereocenters. The first-order valence-corrected chi connectivity index (χ1v) is 12.6. The van der Waals surface area contributed by atoms with E-state index >= 15 is 0 Å². The van der Waals surface area contributed by atoms with E-state index in [1.165, 1.54) is 12.4 Å². The number of anilines is 1. The number of alkyl halides is 3. The maximum absolute atomic E-state index is 14.6. The molecule has 3 aromatic heterocycles. The molecule has 4 aromatic rings. The highest BCUT2D eigenvalue weighted by Gasteiger charge is 2.24. The normalized spacial score (nSPS) is 12.2. The molecule has 0 radical (unpaired) electrons. The van der Waals surface area contributed by atoms with E-state index in [1.54, 1.807) is 6.07 Å². The highest BCUT2D eigenvalue weighted by Crippen LogP contribution is 2.23. The van der Waals surface area contributed by atoms with Crippen LogP contribution in [0.1, 0.15) is 40.1 Å². The van der Waals surface area contributed by atoms with Crippen LogP contribution in [-0.2, 0) is 30.7 Å². The van der Waals surface area contributed by atoms with Gasteiger partial charge in [-0.2, -0.15) is 13.9 Å². The van der Waals surface area contributed by atoms with Crippen LogP contribution in [0.2, 0.25) is 0 Å². The van der Waals surface area contributed by atoms with Gasteiger partial charge in [0.2, 0.25) is 11.0 Å².